The number of carbonyl (C=O) groups is 1. The lowest BCUT2D eigenvalue weighted by Gasteiger charge is -2.39. The average molecular weight is 433 g/mol. The second-order valence-corrected chi connectivity index (χ2v) is 8.15. The maximum Gasteiger partial charge on any atom is 0.161 e. The normalized spacial score (nSPS) is 19.1. The maximum atomic E-state index is 13.8. The fourth-order valence-electron chi connectivity index (χ4n) is 4.59. The van der Waals surface area contributed by atoms with Crippen molar-refractivity contribution in [3.8, 4) is 6.07 Å². The molecule has 1 aromatic heterocycles. The summed E-state index contributed by atoms with van der Waals surface area (Å²) in [5.41, 5.74) is 10.5. The van der Waals surface area contributed by atoms with E-state index in [1.807, 2.05) is 30.5 Å². The van der Waals surface area contributed by atoms with Gasteiger partial charge in [-0.3, -0.25) is 9.69 Å². The highest BCUT2D eigenvalue weighted by molar-refractivity contribution is 6.31. The molecule has 31 heavy (non-hydrogen) atoms. The van der Waals surface area contributed by atoms with Gasteiger partial charge in [0, 0.05) is 35.1 Å². The standard InChI is InChI=1S/C24H18ClFN4O/c25-17-11-15(5-6-18(17)26)30-20-2-1-3-21(31)23(20)22(16(12-27)24(30)28)14-4-7-19-13(10-14)8-9-29-19/h4-11,22,29H,1-3,28H2/t22-/m0/s1. The number of fused-ring (bicyclic) bond motifs is 1. The first-order valence-electron chi connectivity index (χ1n) is 9.98. The van der Waals surface area contributed by atoms with Crippen LogP contribution in [0.25, 0.3) is 10.9 Å². The lowest BCUT2D eigenvalue weighted by atomic mass is 9.75. The number of rotatable bonds is 2. The van der Waals surface area contributed by atoms with Gasteiger partial charge in [-0.15, -0.1) is 0 Å². The molecule has 5 rings (SSSR count). The van der Waals surface area contributed by atoms with Crippen LogP contribution in [0.4, 0.5) is 10.1 Å². The van der Waals surface area contributed by atoms with Crippen LogP contribution in [0.3, 0.4) is 0 Å². The molecule has 0 saturated heterocycles. The molecule has 0 fully saturated rings. The Morgan fingerprint density at radius 2 is 2.03 bits per heavy atom. The molecule has 0 radical (unpaired) electrons. The van der Waals surface area contributed by atoms with Crippen LogP contribution < -0.4 is 10.6 Å². The summed E-state index contributed by atoms with van der Waals surface area (Å²) >= 11 is 6.01. The van der Waals surface area contributed by atoms with E-state index in [4.69, 9.17) is 17.3 Å². The Labute approximate surface area is 183 Å². The molecule has 0 bridgehead atoms. The van der Waals surface area contributed by atoms with Crippen molar-refractivity contribution in [2.24, 2.45) is 5.73 Å². The summed E-state index contributed by atoms with van der Waals surface area (Å²) in [6.45, 7) is 0. The SMILES string of the molecule is N#CC1=C(N)N(c2ccc(F)c(Cl)c2)C2=C(C(=O)CCC2)[C@H]1c1ccc2[nH]ccc2c1. The van der Waals surface area contributed by atoms with Crippen LogP contribution in [-0.4, -0.2) is 10.8 Å². The molecule has 0 unspecified atom stereocenters. The summed E-state index contributed by atoms with van der Waals surface area (Å²) in [7, 11) is 0. The zero-order valence-corrected chi connectivity index (χ0v) is 17.2. The van der Waals surface area contributed by atoms with Gasteiger partial charge in [0.25, 0.3) is 0 Å². The van der Waals surface area contributed by atoms with Crippen LogP contribution >= 0.6 is 11.6 Å². The molecule has 5 nitrogen and oxygen atoms in total. The highest BCUT2D eigenvalue weighted by Gasteiger charge is 2.40. The fourth-order valence-corrected chi connectivity index (χ4v) is 4.76. The summed E-state index contributed by atoms with van der Waals surface area (Å²) in [5.74, 6) is -0.854. The number of aromatic amines is 1. The molecule has 154 valence electrons. The van der Waals surface area contributed by atoms with Crippen molar-refractivity contribution >= 4 is 34.0 Å². The largest absolute Gasteiger partial charge is 0.384 e. The Morgan fingerprint density at radius 1 is 1.19 bits per heavy atom. The number of halogens is 2. The lowest BCUT2D eigenvalue weighted by Crippen LogP contribution is -2.38. The Balaban J connectivity index is 1.75. The maximum absolute atomic E-state index is 13.8. The van der Waals surface area contributed by atoms with Crippen LogP contribution in [0.1, 0.15) is 30.7 Å². The lowest BCUT2D eigenvalue weighted by molar-refractivity contribution is -0.116. The van der Waals surface area contributed by atoms with Crippen LogP contribution in [0.2, 0.25) is 5.02 Å². The van der Waals surface area contributed by atoms with Crippen molar-refractivity contribution in [2.45, 2.75) is 25.2 Å². The van der Waals surface area contributed by atoms with Crippen LogP contribution in [0.5, 0.6) is 0 Å². The second kappa shape index (κ2) is 7.29. The zero-order chi connectivity index (χ0) is 21.7. The number of allylic oxidation sites excluding steroid dienone is 3. The molecule has 1 aliphatic carbocycles. The number of hydrogen-bond acceptors (Lipinski definition) is 4. The molecular weight excluding hydrogens is 415 g/mol. The second-order valence-electron chi connectivity index (χ2n) is 7.74. The molecule has 3 aromatic rings. The van der Waals surface area contributed by atoms with E-state index in [9.17, 15) is 14.4 Å². The molecule has 7 heteroatoms. The number of hydrogen-bond donors (Lipinski definition) is 2. The minimum atomic E-state index is -0.544. The predicted molar refractivity (Wildman–Crippen MR) is 118 cm³/mol. The van der Waals surface area contributed by atoms with Crippen LogP contribution in [0, 0.1) is 17.1 Å². The van der Waals surface area contributed by atoms with Crippen molar-refractivity contribution in [3.63, 3.8) is 0 Å². The number of nitrogens with zero attached hydrogens (tertiary/aromatic N) is 2. The third kappa shape index (κ3) is 3.01. The number of H-pyrrole nitrogens is 1. The van der Waals surface area contributed by atoms with Crippen LogP contribution in [0.15, 0.2) is 71.3 Å². The average Bonchev–Trinajstić information content (AvgIpc) is 3.23. The first kappa shape index (κ1) is 19.4. The van der Waals surface area contributed by atoms with Crippen molar-refractivity contribution in [1.29, 1.82) is 5.26 Å². The van der Waals surface area contributed by atoms with Gasteiger partial charge in [-0.25, -0.2) is 4.39 Å². The molecule has 2 heterocycles. The number of nitrogens with one attached hydrogen (secondary N) is 1. The number of benzene rings is 2. The van der Waals surface area contributed by atoms with Gasteiger partial charge in [-0.2, -0.15) is 5.26 Å². The van der Waals surface area contributed by atoms with Gasteiger partial charge in [0.05, 0.1) is 22.6 Å². The van der Waals surface area contributed by atoms with E-state index in [0.717, 1.165) is 22.2 Å². The monoisotopic (exact) mass is 432 g/mol. The molecule has 0 spiro atoms. The van der Waals surface area contributed by atoms with Crippen LogP contribution in [-0.2, 0) is 4.79 Å². The third-order valence-electron chi connectivity index (χ3n) is 5.99. The Kier molecular flexibility index (Phi) is 4.57. The molecule has 0 amide bonds. The molecule has 2 aliphatic rings. The van der Waals surface area contributed by atoms with E-state index in [1.165, 1.54) is 12.1 Å². The first-order valence-corrected chi connectivity index (χ1v) is 10.4. The molecule has 0 saturated carbocycles. The molecule has 2 aromatic carbocycles. The number of nitriles is 1. The summed E-state index contributed by atoms with van der Waals surface area (Å²) in [6.07, 6.45) is 3.57. The Hall–Kier alpha value is -3.56. The van der Waals surface area contributed by atoms with Gasteiger partial charge >= 0.3 is 0 Å². The molecule has 1 atom stereocenters. The topological polar surface area (TPSA) is 85.9 Å². The van der Waals surface area contributed by atoms with Crippen molar-refractivity contribution in [2.75, 3.05) is 4.90 Å². The van der Waals surface area contributed by atoms with E-state index in [2.05, 4.69) is 11.1 Å². The quantitative estimate of drug-likeness (QED) is 0.578. The van der Waals surface area contributed by atoms with Gasteiger partial charge in [-0.1, -0.05) is 17.7 Å². The number of anilines is 1. The smallest absolute Gasteiger partial charge is 0.161 e. The molecule has 1 aliphatic heterocycles. The number of ketones is 1. The van der Waals surface area contributed by atoms with Gasteiger partial charge < -0.3 is 10.7 Å². The van der Waals surface area contributed by atoms with Crippen molar-refractivity contribution < 1.29 is 9.18 Å². The van der Waals surface area contributed by atoms with Gasteiger partial charge in [0.15, 0.2) is 5.78 Å². The zero-order valence-electron chi connectivity index (χ0n) is 16.5. The minimum absolute atomic E-state index is 0.00104. The van der Waals surface area contributed by atoms with Gasteiger partial charge in [0.2, 0.25) is 0 Å². The highest BCUT2D eigenvalue weighted by atomic mass is 35.5. The summed E-state index contributed by atoms with van der Waals surface area (Å²) in [6, 6.07) is 14.3. The highest BCUT2D eigenvalue weighted by Crippen LogP contribution is 2.46. The number of aromatic nitrogens is 1. The minimum Gasteiger partial charge on any atom is -0.384 e. The number of carbonyl (C=O) groups excluding carboxylic acids is 1. The summed E-state index contributed by atoms with van der Waals surface area (Å²) in [5, 5.41) is 11.0. The predicted octanol–water partition coefficient (Wildman–Crippen LogP) is 5.27. The van der Waals surface area contributed by atoms with E-state index in [-0.39, 0.29) is 16.6 Å². The van der Waals surface area contributed by atoms with Gasteiger partial charge in [0.1, 0.15) is 11.6 Å². The fraction of sp³-hybridized carbons (Fsp3) is 0.167. The summed E-state index contributed by atoms with van der Waals surface area (Å²) in [4.78, 5) is 18.0. The van der Waals surface area contributed by atoms with Crippen molar-refractivity contribution in [3.05, 3.63) is 87.7 Å². The number of Topliss-reactive ketones (excluding diaryl/α,β-unsaturated/α-hetero) is 1. The van der Waals surface area contributed by atoms with E-state index < -0.39 is 11.7 Å². The van der Waals surface area contributed by atoms with Gasteiger partial charge in [-0.05, 0) is 60.2 Å². The Morgan fingerprint density at radius 3 is 2.81 bits per heavy atom. The first-order chi connectivity index (χ1) is 15.0. The Bertz CT molecular complexity index is 1350. The number of nitrogens with two attached hydrogens (primary N) is 1. The summed E-state index contributed by atoms with van der Waals surface area (Å²) < 4.78 is 13.8. The van der Waals surface area contributed by atoms with E-state index in [1.54, 1.807) is 11.0 Å². The van der Waals surface area contributed by atoms with E-state index in [0.29, 0.717) is 36.1 Å². The molecule has 3 N–H and O–H groups in total. The molecular formula is C24H18ClFN4O. The van der Waals surface area contributed by atoms with E-state index >= 15 is 0 Å². The van der Waals surface area contributed by atoms with Crippen molar-refractivity contribution in [1.82, 2.24) is 4.98 Å². The third-order valence-corrected chi connectivity index (χ3v) is 6.28.